The molecule has 0 radical (unpaired) electrons. The molecule has 1 fully saturated rings. The van der Waals surface area contributed by atoms with E-state index in [0.717, 1.165) is 24.1 Å². The van der Waals surface area contributed by atoms with Gasteiger partial charge in [0, 0.05) is 22.8 Å². The largest absolute Gasteiger partial charge is 0.252 e. The van der Waals surface area contributed by atoms with Crippen molar-refractivity contribution in [2.75, 3.05) is 13.1 Å². The molecule has 0 aromatic carbocycles. The molecule has 0 amide bonds. The van der Waals surface area contributed by atoms with Crippen molar-refractivity contribution in [1.29, 1.82) is 0 Å². The van der Waals surface area contributed by atoms with Crippen LogP contribution in [0.1, 0.15) is 24.6 Å². The maximum absolute atomic E-state index is 12.3. The van der Waals surface area contributed by atoms with Gasteiger partial charge in [0.25, 0.3) is 10.0 Å². The first-order chi connectivity index (χ1) is 8.04. The van der Waals surface area contributed by atoms with Crippen LogP contribution in [-0.2, 0) is 16.4 Å². The standard InChI is InChI=1S/C11H16BrNO2S2/c1-2-10-3-4-11(16-10)17(14,15)13-7-5-9(12)6-8-13/h3-4,9H,2,5-8H2,1H3. The van der Waals surface area contributed by atoms with Crippen LogP contribution >= 0.6 is 27.3 Å². The van der Waals surface area contributed by atoms with E-state index in [2.05, 4.69) is 15.9 Å². The summed E-state index contributed by atoms with van der Waals surface area (Å²) >= 11 is 4.93. The number of rotatable bonds is 3. The lowest BCUT2D eigenvalue weighted by atomic mass is 10.2. The van der Waals surface area contributed by atoms with Gasteiger partial charge in [0.1, 0.15) is 4.21 Å². The van der Waals surface area contributed by atoms with E-state index < -0.39 is 10.0 Å². The van der Waals surface area contributed by atoms with Crippen molar-refractivity contribution in [3.8, 4) is 0 Å². The fourth-order valence-electron chi connectivity index (χ4n) is 1.88. The minimum absolute atomic E-state index is 0.462. The van der Waals surface area contributed by atoms with Crippen LogP contribution in [-0.4, -0.2) is 30.6 Å². The fourth-order valence-corrected chi connectivity index (χ4v) is 5.21. The van der Waals surface area contributed by atoms with Crippen LogP contribution in [0.3, 0.4) is 0 Å². The number of thiophene rings is 1. The quantitative estimate of drug-likeness (QED) is 0.795. The Balaban J connectivity index is 2.18. The molecule has 0 aliphatic carbocycles. The van der Waals surface area contributed by atoms with Gasteiger partial charge < -0.3 is 0 Å². The zero-order valence-electron chi connectivity index (χ0n) is 9.73. The van der Waals surface area contributed by atoms with Crippen LogP contribution in [0, 0.1) is 0 Å². The van der Waals surface area contributed by atoms with Gasteiger partial charge in [-0.3, -0.25) is 0 Å². The fraction of sp³-hybridized carbons (Fsp3) is 0.636. The Morgan fingerprint density at radius 2 is 2.06 bits per heavy atom. The Bertz CT molecular complexity index is 475. The third kappa shape index (κ3) is 2.92. The lowest BCUT2D eigenvalue weighted by molar-refractivity contribution is 0.355. The molecular formula is C11H16BrNO2S2. The first-order valence-electron chi connectivity index (χ1n) is 5.77. The molecule has 0 bridgehead atoms. The summed E-state index contributed by atoms with van der Waals surface area (Å²) < 4.78 is 26.8. The van der Waals surface area contributed by atoms with Crippen molar-refractivity contribution in [2.45, 2.75) is 35.2 Å². The third-order valence-electron chi connectivity index (χ3n) is 2.96. The van der Waals surface area contributed by atoms with Gasteiger partial charge in [-0.2, -0.15) is 4.31 Å². The second-order valence-corrected chi connectivity index (χ2v) is 8.78. The Kier molecular flexibility index (Phi) is 4.28. The highest BCUT2D eigenvalue weighted by Gasteiger charge is 2.29. The lowest BCUT2D eigenvalue weighted by Gasteiger charge is -2.28. The van der Waals surface area contributed by atoms with E-state index in [-0.39, 0.29) is 0 Å². The summed E-state index contributed by atoms with van der Waals surface area (Å²) in [5, 5.41) is 0. The van der Waals surface area contributed by atoms with E-state index in [4.69, 9.17) is 0 Å². The number of piperidine rings is 1. The first kappa shape index (κ1) is 13.5. The zero-order valence-corrected chi connectivity index (χ0v) is 12.9. The summed E-state index contributed by atoms with van der Waals surface area (Å²) in [4.78, 5) is 1.59. The minimum atomic E-state index is -3.24. The Morgan fingerprint density at radius 3 is 2.59 bits per heavy atom. The maximum Gasteiger partial charge on any atom is 0.252 e. The molecule has 17 heavy (non-hydrogen) atoms. The minimum Gasteiger partial charge on any atom is -0.206 e. The molecule has 1 saturated heterocycles. The van der Waals surface area contributed by atoms with Crippen molar-refractivity contribution in [2.24, 2.45) is 0 Å². The number of halogens is 1. The normalized spacial score (nSPS) is 19.6. The molecule has 3 nitrogen and oxygen atoms in total. The maximum atomic E-state index is 12.3. The van der Waals surface area contributed by atoms with Gasteiger partial charge in [-0.1, -0.05) is 22.9 Å². The monoisotopic (exact) mass is 337 g/mol. The van der Waals surface area contributed by atoms with E-state index in [1.54, 1.807) is 10.4 Å². The summed E-state index contributed by atoms with van der Waals surface area (Å²) in [6.07, 6.45) is 2.68. The molecule has 0 atom stereocenters. The predicted molar refractivity (Wildman–Crippen MR) is 74.4 cm³/mol. The average molecular weight is 338 g/mol. The van der Waals surface area contributed by atoms with Gasteiger partial charge in [0.05, 0.1) is 0 Å². The zero-order chi connectivity index (χ0) is 12.5. The Labute approximate surface area is 115 Å². The number of aryl methyl sites for hydroxylation is 1. The van der Waals surface area contributed by atoms with Crippen molar-refractivity contribution < 1.29 is 8.42 Å². The molecule has 1 aliphatic heterocycles. The Hall–Kier alpha value is 0.0900. The average Bonchev–Trinajstić information content (AvgIpc) is 2.78. The molecule has 0 spiro atoms. The predicted octanol–water partition coefficient (Wildman–Crippen LogP) is 2.86. The molecule has 1 aromatic rings. The highest BCUT2D eigenvalue weighted by Crippen LogP contribution is 2.28. The lowest BCUT2D eigenvalue weighted by Crippen LogP contribution is -2.38. The van der Waals surface area contributed by atoms with Crippen molar-refractivity contribution >= 4 is 37.3 Å². The number of hydrogen-bond donors (Lipinski definition) is 0. The van der Waals surface area contributed by atoms with E-state index in [0.29, 0.717) is 22.1 Å². The smallest absolute Gasteiger partial charge is 0.206 e. The van der Waals surface area contributed by atoms with E-state index in [1.165, 1.54) is 11.3 Å². The highest BCUT2D eigenvalue weighted by molar-refractivity contribution is 9.09. The van der Waals surface area contributed by atoms with Crippen LogP contribution in [0.15, 0.2) is 16.3 Å². The van der Waals surface area contributed by atoms with Crippen molar-refractivity contribution in [1.82, 2.24) is 4.31 Å². The molecule has 2 heterocycles. The molecule has 2 rings (SSSR count). The molecule has 0 saturated carbocycles. The van der Waals surface area contributed by atoms with Crippen LogP contribution in [0.5, 0.6) is 0 Å². The topological polar surface area (TPSA) is 37.4 Å². The van der Waals surface area contributed by atoms with Crippen molar-refractivity contribution in [3.63, 3.8) is 0 Å². The molecule has 6 heteroatoms. The molecule has 96 valence electrons. The number of alkyl halides is 1. The summed E-state index contributed by atoms with van der Waals surface area (Å²) in [7, 11) is -3.24. The molecule has 1 aliphatic rings. The van der Waals surface area contributed by atoms with Crippen LogP contribution in [0.4, 0.5) is 0 Å². The van der Waals surface area contributed by atoms with Gasteiger partial charge >= 0.3 is 0 Å². The van der Waals surface area contributed by atoms with E-state index in [9.17, 15) is 8.42 Å². The van der Waals surface area contributed by atoms with E-state index >= 15 is 0 Å². The summed E-state index contributed by atoms with van der Waals surface area (Å²) in [5.74, 6) is 0. The number of hydrogen-bond acceptors (Lipinski definition) is 3. The van der Waals surface area contributed by atoms with Gasteiger partial charge in [0.15, 0.2) is 0 Å². The number of nitrogens with zero attached hydrogens (tertiary/aromatic N) is 1. The SMILES string of the molecule is CCc1ccc(S(=O)(=O)N2CCC(Br)CC2)s1. The Morgan fingerprint density at radius 1 is 1.41 bits per heavy atom. The second kappa shape index (κ2) is 5.38. The van der Waals surface area contributed by atoms with Gasteiger partial charge in [0.2, 0.25) is 0 Å². The van der Waals surface area contributed by atoms with Gasteiger partial charge in [-0.05, 0) is 31.4 Å². The van der Waals surface area contributed by atoms with Crippen LogP contribution in [0.2, 0.25) is 0 Å². The summed E-state index contributed by atoms with van der Waals surface area (Å²) in [5.41, 5.74) is 0. The molecule has 1 aromatic heterocycles. The molecule has 0 unspecified atom stereocenters. The van der Waals surface area contributed by atoms with Gasteiger partial charge in [-0.15, -0.1) is 11.3 Å². The summed E-state index contributed by atoms with van der Waals surface area (Å²) in [6, 6.07) is 3.65. The molecule has 0 N–H and O–H groups in total. The summed E-state index contributed by atoms with van der Waals surface area (Å²) in [6.45, 7) is 3.29. The van der Waals surface area contributed by atoms with Crippen LogP contribution in [0.25, 0.3) is 0 Å². The highest BCUT2D eigenvalue weighted by atomic mass is 79.9. The van der Waals surface area contributed by atoms with Crippen molar-refractivity contribution in [3.05, 3.63) is 17.0 Å². The van der Waals surface area contributed by atoms with Gasteiger partial charge in [-0.25, -0.2) is 8.42 Å². The third-order valence-corrected chi connectivity index (χ3v) is 7.47. The number of sulfonamides is 1. The van der Waals surface area contributed by atoms with E-state index in [1.807, 2.05) is 13.0 Å². The first-order valence-corrected chi connectivity index (χ1v) is 8.94. The molecular weight excluding hydrogens is 322 g/mol. The second-order valence-electron chi connectivity index (χ2n) is 4.15. The van der Waals surface area contributed by atoms with Crippen LogP contribution < -0.4 is 0 Å².